The molecule has 1 fully saturated rings. The molecule has 16 heavy (non-hydrogen) atoms. The molecule has 0 aromatic heterocycles. The van der Waals surface area contributed by atoms with E-state index in [4.69, 9.17) is 32.7 Å². The monoisotopic (exact) mass is 260 g/mol. The summed E-state index contributed by atoms with van der Waals surface area (Å²) in [6.07, 6.45) is 1.58. The fourth-order valence-electron chi connectivity index (χ4n) is 1.86. The van der Waals surface area contributed by atoms with Gasteiger partial charge in [0.1, 0.15) is 0 Å². The average Bonchev–Trinajstić information content (AvgIpc) is 2.31. The van der Waals surface area contributed by atoms with E-state index in [2.05, 4.69) is 0 Å². The fraction of sp³-hybridized carbons (Fsp3) is 0.500. The molecule has 0 amide bonds. The van der Waals surface area contributed by atoms with Crippen LogP contribution in [0.4, 0.5) is 0 Å². The van der Waals surface area contributed by atoms with Gasteiger partial charge in [0.2, 0.25) is 0 Å². The molecule has 0 radical (unpaired) electrons. The van der Waals surface area contributed by atoms with Crippen molar-refractivity contribution in [3.8, 4) is 0 Å². The summed E-state index contributed by atoms with van der Waals surface area (Å²) < 4.78 is 11.6. The Labute approximate surface area is 105 Å². The molecule has 0 N–H and O–H groups in total. The van der Waals surface area contributed by atoms with Crippen LogP contribution in [0, 0.1) is 0 Å². The zero-order valence-corrected chi connectivity index (χ0v) is 10.4. The first-order chi connectivity index (χ1) is 7.77. The molecule has 1 aromatic carbocycles. The van der Waals surface area contributed by atoms with Crippen LogP contribution in [0.25, 0.3) is 0 Å². The minimum atomic E-state index is -0.676. The first kappa shape index (κ1) is 12.2. The minimum absolute atomic E-state index is 0.503. The van der Waals surface area contributed by atoms with Gasteiger partial charge < -0.3 is 9.47 Å². The van der Waals surface area contributed by atoms with Gasteiger partial charge in [0.05, 0.1) is 13.2 Å². The second-order valence-corrected chi connectivity index (χ2v) is 4.56. The largest absolute Gasteiger partial charge is 0.346 e. The molecule has 1 aliphatic rings. The van der Waals surface area contributed by atoms with Crippen molar-refractivity contribution in [2.45, 2.75) is 18.6 Å². The smallest absolute Gasteiger partial charge is 0.195 e. The van der Waals surface area contributed by atoms with Gasteiger partial charge in [-0.2, -0.15) is 0 Å². The molecule has 1 aromatic rings. The standard InChI is InChI=1S/C12H14Cl2O2/c13-7-6-12(15-8-1-9-16-12)10-2-4-11(14)5-3-10/h2-5H,1,6-9H2. The highest BCUT2D eigenvalue weighted by molar-refractivity contribution is 6.30. The zero-order valence-electron chi connectivity index (χ0n) is 8.92. The number of benzene rings is 1. The van der Waals surface area contributed by atoms with Crippen LogP contribution in [0.2, 0.25) is 5.02 Å². The maximum atomic E-state index is 5.87. The quantitative estimate of drug-likeness (QED) is 0.774. The van der Waals surface area contributed by atoms with E-state index in [1.165, 1.54) is 0 Å². The predicted octanol–water partition coefficient (Wildman–Crippen LogP) is 3.56. The number of hydrogen-bond acceptors (Lipinski definition) is 2. The van der Waals surface area contributed by atoms with Gasteiger partial charge >= 0.3 is 0 Å². The molecule has 0 bridgehead atoms. The lowest BCUT2D eigenvalue weighted by atomic mass is 10.0. The Morgan fingerprint density at radius 2 is 1.75 bits per heavy atom. The Kier molecular flexibility index (Phi) is 4.09. The van der Waals surface area contributed by atoms with Gasteiger partial charge in [-0.15, -0.1) is 11.6 Å². The maximum absolute atomic E-state index is 5.87. The Hall–Kier alpha value is -0.280. The number of hydrogen-bond donors (Lipinski definition) is 0. The van der Waals surface area contributed by atoms with Crippen LogP contribution in [0.3, 0.4) is 0 Å². The van der Waals surface area contributed by atoms with E-state index in [0.29, 0.717) is 30.5 Å². The molecule has 0 atom stereocenters. The van der Waals surface area contributed by atoms with Crippen LogP contribution in [0.15, 0.2) is 24.3 Å². The van der Waals surface area contributed by atoms with Crippen LogP contribution in [0.1, 0.15) is 18.4 Å². The topological polar surface area (TPSA) is 18.5 Å². The predicted molar refractivity (Wildman–Crippen MR) is 65.0 cm³/mol. The average molecular weight is 261 g/mol. The highest BCUT2D eigenvalue weighted by Gasteiger charge is 2.35. The minimum Gasteiger partial charge on any atom is -0.346 e. The Balaban J connectivity index is 2.26. The van der Waals surface area contributed by atoms with Gasteiger partial charge in [-0.25, -0.2) is 0 Å². The lowest BCUT2D eigenvalue weighted by Crippen LogP contribution is -2.38. The molecule has 4 heteroatoms. The van der Waals surface area contributed by atoms with Crippen molar-refractivity contribution in [3.05, 3.63) is 34.9 Å². The third-order valence-corrected chi connectivity index (χ3v) is 3.11. The van der Waals surface area contributed by atoms with Crippen molar-refractivity contribution in [1.82, 2.24) is 0 Å². The summed E-state index contributed by atoms with van der Waals surface area (Å²) in [7, 11) is 0. The van der Waals surface area contributed by atoms with E-state index >= 15 is 0 Å². The first-order valence-electron chi connectivity index (χ1n) is 5.37. The van der Waals surface area contributed by atoms with Gasteiger partial charge in [0.15, 0.2) is 5.79 Å². The number of alkyl halides is 1. The molecule has 1 heterocycles. The molecule has 2 nitrogen and oxygen atoms in total. The summed E-state index contributed by atoms with van der Waals surface area (Å²) in [5.74, 6) is -0.173. The number of ether oxygens (including phenoxy) is 2. The SMILES string of the molecule is ClCCC1(c2ccc(Cl)cc2)OCCCO1. The van der Waals surface area contributed by atoms with E-state index in [1.54, 1.807) is 0 Å². The Morgan fingerprint density at radius 3 is 2.31 bits per heavy atom. The molecular weight excluding hydrogens is 247 g/mol. The van der Waals surface area contributed by atoms with E-state index in [1.807, 2.05) is 24.3 Å². The maximum Gasteiger partial charge on any atom is 0.195 e. The summed E-state index contributed by atoms with van der Waals surface area (Å²) in [5, 5.41) is 0.709. The van der Waals surface area contributed by atoms with Crippen molar-refractivity contribution in [1.29, 1.82) is 0 Å². The van der Waals surface area contributed by atoms with Crippen molar-refractivity contribution < 1.29 is 9.47 Å². The summed E-state index contributed by atoms with van der Waals surface area (Å²) in [4.78, 5) is 0. The second kappa shape index (κ2) is 5.37. The molecule has 0 spiro atoms. The van der Waals surface area contributed by atoms with Gasteiger partial charge in [-0.1, -0.05) is 23.7 Å². The molecule has 0 unspecified atom stereocenters. The lowest BCUT2D eigenvalue weighted by Gasteiger charge is -2.37. The van der Waals surface area contributed by atoms with Crippen LogP contribution >= 0.6 is 23.2 Å². The molecular formula is C12H14Cl2O2. The van der Waals surface area contributed by atoms with Gasteiger partial charge in [-0.05, 0) is 18.6 Å². The van der Waals surface area contributed by atoms with Crippen molar-refractivity contribution in [2.24, 2.45) is 0 Å². The lowest BCUT2D eigenvalue weighted by molar-refractivity contribution is -0.277. The molecule has 1 aliphatic heterocycles. The zero-order chi connectivity index (χ0) is 11.4. The number of halogens is 2. The van der Waals surface area contributed by atoms with Crippen LogP contribution in [0.5, 0.6) is 0 Å². The van der Waals surface area contributed by atoms with E-state index in [-0.39, 0.29) is 0 Å². The van der Waals surface area contributed by atoms with E-state index in [9.17, 15) is 0 Å². The van der Waals surface area contributed by atoms with Crippen molar-refractivity contribution >= 4 is 23.2 Å². The highest BCUT2D eigenvalue weighted by atomic mass is 35.5. The van der Waals surface area contributed by atoms with Crippen molar-refractivity contribution in [3.63, 3.8) is 0 Å². The summed E-state index contributed by atoms with van der Waals surface area (Å²) in [6.45, 7) is 1.42. The van der Waals surface area contributed by atoms with Gasteiger partial charge in [-0.3, -0.25) is 0 Å². The van der Waals surface area contributed by atoms with Gasteiger partial charge in [0, 0.05) is 22.9 Å². The van der Waals surface area contributed by atoms with Crippen LogP contribution in [-0.4, -0.2) is 19.1 Å². The van der Waals surface area contributed by atoms with E-state index < -0.39 is 5.79 Å². The summed E-state index contributed by atoms with van der Waals surface area (Å²) >= 11 is 11.7. The summed E-state index contributed by atoms with van der Waals surface area (Å²) in [6, 6.07) is 7.54. The molecule has 88 valence electrons. The Bertz CT molecular complexity index is 326. The normalized spacial score (nSPS) is 19.6. The second-order valence-electron chi connectivity index (χ2n) is 3.75. The Morgan fingerprint density at radius 1 is 1.12 bits per heavy atom. The van der Waals surface area contributed by atoms with E-state index in [0.717, 1.165) is 12.0 Å². The van der Waals surface area contributed by atoms with Crippen LogP contribution < -0.4 is 0 Å². The third-order valence-electron chi connectivity index (χ3n) is 2.67. The highest BCUT2D eigenvalue weighted by Crippen LogP contribution is 2.34. The third kappa shape index (κ3) is 2.51. The first-order valence-corrected chi connectivity index (χ1v) is 6.28. The molecule has 0 saturated carbocycles. The molecule has 2 rings (SSSR count). The fourth-order valence-corrected chi connectivity index (χ4v) is 2.23. The van der Waals surface area contributed by atoms with Gasteiger partial charge in [0.25, 0.3) is 0 Å². The molecule has 0 aliphatic carbocycles. The number of rotatable bonds is 3. The van der Waals surface area contributed by atoms with Crippen molar-refractivity contribution in [2.75, 3.05) is 19.1 Å². The van der Waals surface area contributed by atoms with Crippen LogP contribution in [-0.2, 0) is 15.3 Å². The molecule has 1 saturated heterocycles. The summed E-state index contributed by atoms with van der Waals surface area (Å²) in [5.41, 5.74) is 0.984.